The first kappa shape index (κ1) is 32.2. The van der Waals surface area contributed by atoms with Crippen LogP contribution in [0.2, 0.25) is 0 Å². The summed E-state index contributed by atoms with van der Waals surface area (Å²) in [4.78, 5) is 15.0. The predicted molar refractivity (Wildman–Crippen MR) is 233 cm³/mol. The van der Waals surface area contributed by atoms with Crippen LogP contribution in [0, 0.1) is 0 Å². The van der Waals surface area contributed by atoms with Crippen LogP contribution in [0.15, 0.2) is 192 Å². The maximum Gasteiger partial charge on any atom is 0.164 e. The molecule has 0 bridgehead atoms. The second-order valence-electron chi connectivity index (χ2n) is 14.0. The molecular formula is C51H31N3OS. The van der Waals surface area contributed by atoms with Crippen molar-refractivity contribution in [2.45, 2.75) is 0 Å². The molecule has 0 fully saturated rings. The predicted octanol–water partition coefficient (Wildman–Crippen LogP) is 14.1. The summed E-state index contributed by atoms with van der Waals surface area (Å²) >= 11 is 1.85. The minimum Gasteiger partial charge on any atom is -0.456 e. The average molecular weight is 734 g/mol. The van der Waals surface area contributed by atoms with Gasteiger partial charge in [0.15, 0.2) is 17.5 Å². The van der Waals surface area contributed by atoms with Gasteiger partial charge in [-0.05, 0) is 75.8 Å². The van der Waals surface area contributed by atoms with Crippen LogP contribution in [0.5, 0.6) is 0 Å². The lowest BCUT2D eigenvalue weighted by Crippen LogP contribution is -2.00. The van der Waals surface area contributed by atoms with Gasteiger partial charge < -0.3 is 4.42 Å². The monoisotopic (exact) mass is 733 g/mol. The second-order valence-corrected chi connectivity index (χ2v) is 15.1. The number of furan rings is 1. The molecule has 0 atom stereocenters. The number of thiophene rings is 1. The zero-order valence-electron chi connectivity index (χ0n) is 30.1. The number of rotatable bonds is 6. The first-order chi connectivity index (χ1) is 27.7. The summed E-state index contributed by atoms with van der Waals surface area (Å²) in [5.74, 6) is 1.89. The summed E-state index contributed by atoms with van der Waals surface area (Å²) in [6.45, 7) is 0. The smallest absolute Gasteiger partial charge is 0.164 e. The van der Waals surface area contributed by atoms with Crippen LogP contribution >= 0.6 is 11.3 Å². The van der Waals surface area contributed by atoms with Crippen LogP contribution < -0.4 is 0 Å². The van der Waals surface area contributed by atoms with Crippen molar-refractivity contribution in [3.63, 3.8) is 0 Å². The molecule has 0 aliphatic heterocycles. The Morgan fingerprint density at radius 2 is 0.821 bits per heavy atom. The van der Waals surface area contributed by atoms with E-state index in [1.54, 1.807) is 0 Å². The lowest BCUT2D eigenvalue weighted by molar-refractivity contribution is 0.669. The van der Waals surface area contributed by atoms with Crippen molar-refractivity contribution >= 4 is 53.4 Å². The quantitative estimate of drug-likeness (QED) is 0.171. The van der Waals surface area contributed by atoms with Gasteiger partial charge in [-0.15, -0.1) is 11.3 Å². The second kappa shape index (κ2) is 13.3. The number of fused-ring (bicyclic) bond motifs is 6. The Morgan fingerprint density at radius 1 is 0.304 bits per heavy atom. The molecule has 11 aromatic rings. The average Bonchev–Trinajstić information content (AvgIpc) is 3.84. The van der Waals surface area contributed by atoms with Crippen molar-refractivity contribution < 1.29 is 4.42 Å². The van der Waals surface area contributed by atoms with E-state index in [9.17, 15) is 0 Å². The van der Waals surface area contributed by atoms with Crippen LogP contribution in [0.1, 0.15) is 0 Å². The number of para-hydroxylation sites is 1. The number of benzene rings is 8. The van der Waals surface area contributed by atoms with E-state index in [1.807, 2.05) is 84.1 Å². The third-order valence-electron chi connectivity index (χ3n) is 10.5. The largest absolute Gasteiger partial charge is 0.456 e. The molecule has 262 valence electrons. The molecular weight excluding hydrogens is 703 g/mol. The summed E-state index contributed by atoms with van der Waals surface area (Å²) < 4.78 is 9.08. The highest BCUT2D eigenvalue weighted by Crippen LogP contribution is 2.42. The Kier molecular flexibility index (Phi) is 7.64. The van der Waals surface area contributed by atoms with Crippen molar-refractivity contribution in [2.75, 3.05) is 0 Å². The van der Waals surface area contributed by atoms with Gasteiger partial charge in [-0.25, -0.2) is 15.0 Å². The van der Waals surface area contributed by atoms with E-state index in [4.69, 9.17) is 19.4 Å². The van der Waals surface area contributed by atoms with E-state index in [0.717, 1.165) is 60.9 Å². The van der Waals surface area contributed by atoms with E-state index in [0.29, 0.717) is 17.5 Å². The zero-order valence-corrected chi connectivity index (χ0v) is 30.9. The summed E-state index contributed by atoms with van der Waals surface area (Å²) in [6, 6.07) is 65.8. The summed E-state index contributed by atoms with van der Waals surface area (Å²) in [5, 5.41) is 4.78. The summed E-state index contributed by atoms with van der Waals surface area (Å²) in [6.07, 6.45) is 0. The van der Waals surface area contributed by atoms with Crippen LogP contribution in [-0.4, -0.2) is 15.0 Å². The Bertz CT molecular complexity index is 3200. The third-order valence-corrected chi connectivity index (χ3v) is 11.7. The molecule has 0 spiro atoms. The van der Waals surface area contributed by atoms with Crippen LogP contribution in [-0.2, 0) is 0 Å². The van der Waals surface area contributed by atoms with Crippen molar-refractivity contribution in [3.05, 3.63) is 188 Å². The highest BCUT2D eigenvalue weighted by atomic mass is 32.1. The standard InChI is InChI=1S/C51H31N3OS/c1-3-13-32(14-4-1)49-52-50(33-15-5-2-6-16-33)54-51(53-49)38-20-12-19-37(28-38)42-30-44-39-21-7-9-23-45(39)55-46(44)31-43(42)36-18-11-17-34(27-36)35-25-26-41-40-22-8-10-24-47(40)56-48(41)29-35/h1-31H. The van der Waals surface area contributed by atoms with E-state index in [-0.39, 0.29) is 0 Å². The molecule has 0 saturated carbocycles. The molecule has 3 aromatic heterocycles. The van der Waals surface area contributed by atoms with Crippen molar-refractivity contribution in [3.8, 4) is 67.5 Å². The SMILES string of the molecule is c1ccc(-c2nc(-c3ccccc3)nc(-c3cccc(-c4cc5c(cc4-c4cccc(-c6ccc7c(c6)sc6ccccc67)c4)oc4ccccc45)c3)n2)cc1. The summed E-state index contributed by atoms with van der Waals surface area (Å²) in [5.41, 5.74) is 11.2. The lowest BCUT2D eigenvalue weighted by atomic mass is 9.90. The normalized spacial score (nSPS) is 11.6. The molecule has 8 aromatic carbocycles. The fourth-order valence-corrected chi connectivity index (χ4v) is 8.93. The highest BCUT2D eigenvalue weighted by Gasteiger charge is 2.18. The fraction of sp³-hybridized carbons (Fsp3) is 0. The number of aromatic nitrogens is 3. The van der Waals surface area contributed by atoms with Gasteiger partial charge in [-0.2, -0.15) is 0 Å². The first-order valence-electron chi connectivity index (χ1n) is 18.7. The molecule has 3 heterocycles. The number of nitrogens with zero attached hydrogens (tertiary/aromatic N) is 3. The number of hydrogen-bond donors (Lipinski definition) is 0. The molecule has 5 heteroatoms. The molecule has 0 aliphatic carbocycles. The Labute approximate surface area is 327 Å². The molecule has 0 N–H and O–H groups in total. The van der Waals surface area contributed by atoms with Gasteiger partial charge in [0.1, 0.15) is 11.2 Å². The van der Waals surface area contributed by atoms with E-state index >= 15 is 0 Å². The van der Waals surface area contributed by atoms with Crippen LogP contribution in [0.3, 0.4) is 0 Å². The molecule has 0 aliphatic rings. The minimum absolute atomic E-state index is 0.620. The van der Waals surface area contributed by atoms with E-state index in [2.05, 4.69) is 115 Å². The van der Waals surface area contributed by atoms with Gasteiger partial charge in [0.2, 0.25) is 0 Å². The molecule has 56 heavy (non-hydrogen) atoms. The van der Waals surface area contributed by atoms with Crippen molar-refractivity contribution in [1.82, 2.24) is 15.0 Å². The first-order valence-corrected chi connectivity index (χ1v) is 19.5. The summed E-state index contributed by atoms with van der Waals surface area (Å²) in [7, 11) is 0. The third kappa shape index (κ3) is 5.65. The van der Waals surface area contributed by atoms with Crippen molar-refractivity contribution in [1.29, 1.82) is 0 Å². The maximum atomic E-state index is 6.48. The maximum absolute atomic E-state index is 6.48. The fourth-order valence-electron chi connectivity index (χ4n) is 7.78. The molecule has 0 saturated heterocycles. The van der Waals surface area contributed by atoms with E-state index < -0.39 is 0 Å². The van der Waals surface area contributed by atoms with Gasteiger partial charge >= 0.3 is 0 Å². The van der Waals surface area contributed by atoms with Gasteiger partial charge in [0.05, 0.1) is 0 Å². The van der Waals surface area contributed by atoms with Gasteiger partial charge in [-0.3, -0.25) is 0 Å². The van der Waals surface area contributed by atoms with Gasteiger partial charge in [0, 0.05) is 47.6 Å². The minimum atomic E-state index is 0.620. The Balaban J connectivity index is 1.08. The Hall–Kier alpha value is -7.21. The molecule has 0 radical (unpaired) electrons. The molecule has 11 rings (SSSR count). The van der Waals surface area contributed by atoms with Gasteiger partial charge in [-0.1, -0.05) is 146 Å². The van der Waals surface area contributed by atoms with Crippen LogP contribution in [0.4, 0.5) is 0 Å². The Morgan fingerprint density at radius 3 is 1.55 bits per heavy atom. The number of hydrogen-bond acceptors (Lipinski definition) is 5. The topological polar surface area (TPSA) is 51.8 Å². The van der Waals surface area contributed by atoms with Crippen molar-refractivity contribution in [2.24, 2.45) is 0 Å². The van der Waals surface area contributed by atoms with Crippen LogP contribution in [0.25, 0.3) is 110 Å². The molecule has 4 nitrogen and oxygen atoms in total. The highest BCUT2D eigenvalue weighted by molar-refractivity contribution is 7.25. The molecule has 0 amide bonds. The molecule has 0 unspecified atom stereocenters. The van der Waals surface area contributed by atoms with E-state index in [1.165, 1.54) is 31.3 Å². The zero-order chi connectivity index (χ0) is 37.0. The van der Waals surface area contributed by atoms with Gasteiger partial charge in [0.25, 0.3) is 0 Å². The lowest BCUT2D eigenvalue weighted by Gasteiger charge is -2.14.